The molecule has 0 aliphatic heterocycles. The highest BCUT2D eigenvalue weighted by atomic mass is 16.6. The first-order valence-corrected chi connectivity index (χ1v) is 5.56. The molecule has 1 saturated carbocycles. The van der Waals surface area contributed by atoms with Gasteiger partial charge in [-0.05, 0) is 18.9 Å². The molecule has 0 radical (unpaired) electrons. The maximum Gasteiger partial charge on any atom is 0.329 e. The van der Waals surface area contributed by atoms with Crippen LogP contribution in [0.1, 0.15) is 18.4 Å². The molecular weight excluding hydrogens is 252 g/mol. The fourth-order valence-corrected chi connectivity index (χ4v) is 1.83. The molecule has 0 spiro atoms. The van der Waals surface area contributed by atoms with Crippen molar-refractivity contribution < 1.29 is 14.8 Å². The Morgan fingerprint density at radius 1 is 1.68 bits per heavy atom. The zero-order valence-corrected chi connectivity index (χ0v) is 9.81. The minimum atomic E-state index is -1.09. The molecule has 8 heteroatoms. The van der Waals surface area contributed by atoms with Crippen molar-refractivity contribution in [2.75, 3.05) is 11.4 Å². The fraction of sp³-hybridized carbons (Fsp3) is 0.364. The number of nitro groups is 1. The van der Waals surface area contributed by atoms with E-state index in [0.717, 1.165) is 12.8 Å². The third kappa shape index (κ3) is 2.60. The Hall–Kier alpha value is -2.69. The van der Waals surface area contributed by atoms with Crippen LogP contribution in [0.3, 0.4) is 0 Å². The molecule has 1 N–H and O–H groups in total. The predicted octanol–water partition coefficient (Wildman–Crippen LogP) is 0.915. The van der Waals surface area contributed by atoms with Gasteiger partial charge in [0.15, 0.2) is 0 Å². The van der Waals surface area contributed by atoms with Gasteiger partial charge in [-0.25, -0.2) is 4.98 Å². The van der Waals surface area contributed by atoms with E-state index in [1.165, 1.54) is 17.2 Å². The number of carboxylic acid groups (broad SMARTS) is 1. The van der Waals surface area contributed by atoms with Crippen LogP contribution in [0, 0.1) is 21.4 Å². The van der Waals surface area contributed by atoms with E-state index in [1.807, 2.05) is 0 Å². The Morgan fingerprint density at radius 2 is 2.37 bits per heavy atom. The molecule has 1 aliphatic rings. The van der Waals surface area contributed by atoms with Crippen molar-refractivity contribution in [2.45, 2.75) is 18.9 Å². The molecule has 0 aromatic carbocycles. The first kappa shape index (κ1) is 12.8. The molecule has 1 aromatic heterocycles. The summed E-state index contributed by atoms with van der Waals surface area (Å²) in [6, 6.07) is 2.91. The van der Waals surface area contributed by atoms with Crippen molar-refractivity contribution in [3.8, 4) is 6.07 Å². The number of hydrogen-bond donors (Lipinski definition) is 1. The van der Waals surface area contributed by atoms with Gasteiger partial charge in [0.2, 0.25) is 5.82 Å². The summed E-state index contributed by atoms with van der Waals surface area (Å²) in [4.78, 5) is 26.5. The zero-order valence-electron chi connectivity index (χ0n) is 9.81. The molecule has 8 nitrogen and oxygen atoms in total. The van der Waals surface area contributed by atoms with Gasteiger partial charge in [-0.15, -0.1) is 0 Å². The first-order chi connectivity index (χ1) is 9.04. The minimum Gasteiger partial charge on any atom is -0.480 e. The van der Waals surface area contributed by atoms with Crippen LogP contribution >= 0.6 is 0 Å². The van der Waals surface area contributed by atoms with Crippen LogP contribution in [0.2, 0.25) is 0 Å². The quantitative estimate of drug-likeness (QED) is 0.618. The monoisotopic (exact) mass is 262 g/mol. The Kier molecular flexibility index (Phi) is 3.29. The molecule has 0 saturated heterocycles. The molecule has 1 heterocycles. The zero-order chi connectivity index (χ0) is 14.0. The highest BCUT2D eigenvalue weighted by Gasteiger charge is 2.36. The highest BCUT2D eigenvalue weighted by molar-refractivity contribution is 5.76. The van der Waals surface area contributed by atoms with Gasteiger partial charge in [0.1, 0.15) is 18.2 Å². The topological polar surface area (TPSA) is 120 Å². The van der Waals surface area contributed by atoms with Crippen LogP contribution in [0.4, 0.5) is 11.5 Å². The van der Waals surface area contributed by atoms with Crippen LogP contribution in [-0.2, 0) is 4.79 Å². The van der Waals surface area contributed by atoms with Crippen LogP contribution in [-0.4, -0.2) is 33.6 Å². The van der Waals surface area contributed by atoms with Gasteiger partial charge in [-0.2, -0.15) is 5.26 Å². The number of carboxylic acids is 1. The molecule has 98 valence electrons. The number of pyridine rings is 1. The molecular formula is C11H10N4O4. The van der Waals surface area contributed by atoms with E-state index in [-0.39, 0.29) is 24.0 Å². The van der Waals surface area contributed by atoms with E-state index < -0.39 is 16.6 Å². The van der Waals surface area contributed by atoms with Crippen molar-refractivity contribution in [3.63, 3.8) is 0 Å². The van der Waals surface area contributed by atoms with Crippen LogP contribution in [0.15, 0.2) is 12.3 Å². The predicted molar refractivity (Wildman–Crippen MR) is 63.6 cm³/mol. The van der Waals surface area contributed by atoms with Crippen LogP contribution in [0.5, 0.6) is 0 Å². The molecule has 0 atom stereocenters. The van der Waals surface area contributed by atoms with Crippen LogP contribution in [0.25, 0.3) is 0 Å². The Labute approximate surface area is 108 Å². The van der Waals surface area contributed by atoms with E-state index in [0.29, 0.717) is 0 Å². The first-order valence-electron chi connectivity index (χ1n) is 5.56. The lowest BCUT2D eigenvalue weighted by Crippen LogP contribution is -2.33. The van der Waals surface area contributed by atoms with E-state index in [9.17, 15) is 14.9 Å². The summed E-state index contributed by atoms with van der Waals surface area (Å²) in [6.45, 7) is -0.368. The molecule has 0 amide bonds. The van der Waals surface area contributed by atoms with Crippen molar-refractivity contribution in [1.82, 2.24) is 4.98 Å². The van der Waals surface area contributed by atoms with Crippen molar-refractivity contribution in [2.24, 2.45) is 0 Å². The normalized spacial score (nSPS) is 13.6. The molecule has 1 aliphatic carbocycles. The molecule has 2 rings (SSSR count). The van der Waals surface area contributed by atoms with Crippen molar-refractivity contribution >= 4 is 17.5 Å². The van der Waals surface area contributed by atoms with E-state index in [2.05, 4.69) is 4.98 Å². The van der Waals surface area contributed by atoms with Gasteiger partial charge in [0.05, 0.1) is 4.92 Å². The number of aliphatic carboxylic acids is 1. The molecule has 0 unspecified atom stereocenters. The SMILES string of the molecule is N#Cc1ccnc(N(CC(=O)O)C2CC2)c1[N+](=O)[O-]. The minimum absolute atomic E-state index is 0.0473. The summed E-state index contributed by atoms with van der Waals surface area (Å²) in [6.07, 6.45) is 2.81. The molecule has 1 fully saturated rings. The lowest BCUT2D eigenvalue weighted by molar-refractivity contribution is -0.384. The van der Waals surface area contributed by atoms with Gasteiger partial charge in [0.25, 0.3) is 0 Å². The Bertz CT molecular complexity index is 577. The fourth-order valence-electron chi connectivity index (χ4n) is 1.83. The van der Waals surface area contributed by atoms with Gasteiger partial charge < -0.3 is 10.0 Å². The highest BCUT2D eigenvalue weighted by Crippen LogP contribution is 2.36. The number of rotatable bonds is 5. The maximum absolute atomic E-state index is 11.1. The van der Waals surface area contributed by atoms with E-state index >= 15 is 0 Å². The molecule has 1 aromatic rings. The Morgan fingerprint density at radius 3 is 2.84 bits per heavy atom. The summed E-state index contributed by atoms with van der Waals surface area (Å²) >= 11 is 0. The number of anilines is 1. The summed E-state index contributed by atoms with van der Waals surface area (Å²) < 4.78 is 0. The number of carbonyl (C=O) groups is 1. The van der Waals surface area contributed by atoms with E-state index in [1.54, 1.807) is 6.07 Å². The van der Waals surface area contributed by atoms with Crippen LogP contribution < -0.4 is 4.90 Å². The van der Waals surface area contributed by atoms with Gasteiger partial charge in [-0.3, -0.25) is 14.9 Å². The standard InChI is InChI=1S/C11H10N4O4/c12-5-7-3-4-13-11(10(7)15(18)19)14(6-9(16)17)8-1-2-8/h3-4,8H,1-2,6H2,(H,16,17). The molecule has 0 bridgehead atoms. The van der Waals surface area contributed by atoms with Gasteiger partial charge in [-0.1, -0.05) is 0 Å². The lowest BCUT2D eigenvalue weighted by Gasteiger charge is -2.20. The second-order valence-corrected chi connectivity index (χ2v) is 4.15. The summed E-state index contributed by atoms with van der Waals surface area (Å²) in [7, 11) is 0. The molecule has 19 heavy (non-hydrogen) atoms. The number of aromatic nitrogens is 1. The summed E-state index contributed by atoms with van der Waals surface area (Å²) in [5, 5.41) is 28.8. The number of nitriles is 1. The third-order valence-electron chi connectivity index (χ3n) is 2.77. The second-order valence-electron chi connectivity index (χ2n) is 4.15. The van der Waals surface area contributed by atoms with Crippen molar-refractivity contribution in [3.05, 3.63) is 27.9 Å². The third-order valence-corrected chi connectivity index (χ3v) is 2.77. The average molecular weight is 262 g/mol. The van der Waals surface area contributed by atoms with E-state index in [4.69, 9.17) is 10.4 Å². The lowest BCUT2D eigenvalue weighted by atomic mass is 10.2. The number of hydrogen-bond acceptors (Lipinski definition) is 6. The van der Waals surface area contributed by atoms with Gasteiger partial charge in [0, 0.05) is 12.2 Å². The second kappa shape index (κ2) is 4.89. The smallest absolute Gasteiger partial charge is 0.329 e. The largest absolute Gasteiger partial charge is 0.480 e. The van der Waals surface area contributed by atoms with Gasteiger partial charge >= 0.3 is 11.7 Å². The average Bonchev–Trinajstić information content (AvgIpc) is 3.18. The van der Waals surface area contributed by atoms with Crippen molar-refractivity contribution in [1.29, 1.82) is 5.26 Å². The summed E-state index contributed by atoms with van der Waals surface area (Å²) in [5.41, 5.74) is -0.552. The Balaban J connectivity index is 2.50. The number of nitrogens with zero attached hydrogens (tertiary/aromatic N) is 4. The summed E-state index contributed by atoms with van der Waals surface area (Å²) in [5.74, 6) is -1.14. The maximum atomic E-state index is 11.1.